The standard InChI is InChI=1S/C13H22N2O2S2/c1-3-15(10-12-6-8-14-9-7-12)19(16,17)13-5-4-11(2)18-13/h4-5,12,14H,3,6-10H2,1-2H3. The van der Waals surface area contributed by atoms with Crippen LogP contribution in [0.4, 0.5) is 0 Å². The maximum absolute atomic E-state index is 12.6. The summed E-state index contributed by atoms with van der Waals surface area (Å²) in [6.45, 7) is 7.05. The van der Waals surface area contributed by atoms with E-state index in [0.29, 0.717) is 23.2 Å². The van der Waals surface area contributed by atoms with Crippen LogP contribution < -0.4 is 5.32 Å². The van der Waals surface area contributed by atoms with E-state index in [1.807, 2.05) is 19.9 Å². The fourth-order valence-electron chi connectivity index (χ4n) is 2.43. The lowest BCUT2D eigenvalue weighted by Gasteiger charge is -2.28. The highest BCUT2D eigenvalue weighted by Gasteiger charge is 2.27. The third-order valence-corrected chi connectivity index (χ3v) is 6.99. The molecule has 0 spiro atoms. The molecule has 2 rings (SSSR count). The zero-order chi connectivity index (χ0) is 13.9. The van der Waals surface area contributed by atoms with Crippen molar-refractivity contribution in [3.05, 3.63) is 17.0 Å². The minimum Gasteiger partial charge on any atom is -0.317 e. The molecule has 1 aliphatic rings. The van der Waals surface area contributed by atoms with Gasteiger partial charge in [0, 0.05) is 18.0 Å². The van der Waals surface area contributed by atoms with Crippen molar-refractivity contribution in [3.8, 4) is 0 Å². The first-order valence-electron chi connectivity index (χ1n) is 6.81. The van der Waals surface area contributed by atoms with Crippen LogP contribution in [0.25, 0.3) is 0 Å². The molecule has 4 nitrogen and oxygen atoms in total. The fraction of sp³-hybridized carbons (Fsp3) is 0.692. The van der Waals surface area contributed by atoms with Crippen LogP contribution in [0.2, 0.25) is 0 Å². The molecule has 0 aromatic carbocycles. The molecule has 6 heteroatoms. The average molecular weight is 302 g/mol. The van der Waals surface area contributed by atoms with Crippen LogP contribution in [0.1, 0.15) is 24.6 Å². The molecule has 0 unspecified atom stereocenters. The summed E-state index contributed by atoms with van der Waals surface area (Å²) in [6, 6.07) is 3.59. The molecule has 1 aromatic heterocycles. The Morgan fingerprint density at radius 3 is 2.58 bits per heavy atom. The molecule has 0 radical (unpaired) electrons. The van der Waals surface area contributed by atoms with Gasteiger partial charge in [-0.05, 0) is 50.9 Å². The minimum atomic E-state index is -3.30. The van der Waals surface area contributed by atoms with Gasteiger partial charge in [-0.15, -0.1) is 11.3 Å². The molecule has 0 aliphatic carbocycles. The number of hydrogen-bond acceptors (Lipinski definition) is 4. The van der Waals surface area contributed by atoms with E-state index in [9.17, 15) is 8.42 Å². The summed E-state index contributed by atoms with van der Waals surface area (Å²) in [5, 5.41) is 3.31. The van der Waals surface area contributed by atoms with Crippen molar-refractivity contribution in [2.75, 3.05) is 26.2 Å². The SMILES string of the molecule is CCN(CC1CCNCC1)S(=O)(=O)c1ccc(C)s1. The summed E-state index contributed by atoms with van der Waals surface area (Å²) in [7, 11) is -3.30. The Hall–Kier alpha value is -0.430. The summed E-state index contributed by atoms with van der Waals surface area (Å²) < 4.78 is 27.2. The lowest BCUT2D eigenvalue weighted by Crippen LogP contribution is -2.39. The quantitative estimate of drug-likeness (QED) is 0.906. The summed E-state index contributed by atoms with van der Waals surface area (Å²) in [5.41, 5.74) is 0. The van der Waals surface area contributed by atoms with Crippen molar-refractivity contribution in [2.24, 2.45) is 5.92 Å². The Labute approximate surface area is 119 Å². The van der Waals surface area contributed by atoms with Crippen LogP contribution in [0, 0.1) is 12.8 Å². The Kier molecular flexibility index (Phi) is 5.00. The second-order valence-electron chi connectivity index (χ2n) is 5.01. The summed E-state index contributed by atoms with van der Waals surface area (Å²) >= 11 is 1.36. The topological polar surface area (TPSA) is 49.4 Å². The minimum absolute atomic E-state index is 0.473. The van der Waals surface area contributed by atoms with Gasteiger partial charge in [-0.2, -0.15) is 4.31 Å². The van der Waals surface area contributed by atoms with Crippen LogP contribution in [0.5, 0.6) is 0 Å². The maximum atomic E-state index is 12.6. The maximum Gasteiger partial charge on any atom is 0.252 e. The molecule has 0 saturated carbocycles. The van der Waals surface area contributed by atoms with Crippen LogP contribution in [-0.4, -0.2) is 38.9 Å². The molecule has 0 bridgehead atoms. The molecule has 1 aliphatic heterocycles. The van der Waals surface area contributed by atoms with Gasteiger partial charge >= 0.3 is 0 Å². The Bertz CT molecular complexity index is 504. The molecule has 1 fully saturated rings. The summed E-state index contributed by atoms with van der Waals surface area (Å²) in [5.74, 6) is 0.483. The van der Waals surface area contributed by atoms with Gasteiger partial charge in [0.25, 0.3) is 10.0 Å². The van der Waals surface area contributed by atoms with Crippen LogP contribution in [0.15, 0.2) is 16.3 Å². The second-order valence-corrected chi connectivity index (χ2v) is 8.47. The number of piperidine rings is 1. The van der Waals surface area contributed by atoms with Gasteiger partial charge in [-0.25, -0.2) is 8.42 Å². The summed E-state index contributed by atoms with van der Waals surface area (Å²) in [4.78, 5) is 1.04. The van der Waals surface area contributed by atoms with Crippen molar-refractivity contribution < 1.29 is 8.42 Å². The van der Waals surface area contributed by atoms with Gasteiger partial charge in [0.2, 0.25) is 0 Å². The molecule has 0 amide bonds. The lowest BCUT2D eigenvalue weighted by molar-refractivity contribution is 0.294. The van der Waals surface area contributed by atoms with E-state index in [1.54, 1.807) is 10.4 Å². The highest BCUT2D eigenvalue weighted by Crippen LogP contribution is 2.26. The highest BCUT2D eigenvalue weighted by molar-refractivity contribution is 7.91. The molecule has 2 heterocycles. The number of nitrogens with one attached hydrogen (secondary N) is 1. The number of thiophene rings is 1. The lowest BCUT2D eigenvalue weighted by atomic mass is 9.98. The van der Waals surface area contributed by atoms with E-state index >= 15 is 0 Å². The van der Waals surface area contributed by atoms with Gasteiger partial charge in [0.15, 0.2) is 0 Å². The predicted molar refractivity (Wildman–Crippen MR) is 79.1 cm³/mol. The van der Waals surface area contributed by atoms with Gasteiger partial charge in [0.1, 0.15) is 4.21 Å². The molecular formula is C13H22N2O2S2. The van der Waals surface area contributed by atoms with Crippen LogP contribution >= 0.6 is 11.3 Å². The largest absolute Gasteiger partial charge is 0.317 e. The van der Waals surface area contributed by atoms with Crippen molar-refractivity contribution >= 4 is 21.4 Å². The van der Waals surface area contributed by atoms with Crippen molar-refractivity contribution in [3.63, 3.8) is 0 Å². The zero-order valence-corrected chi connectivity index (χ0v) is 13.2. The normalized spacial score (nSPS) is 18.1. The van der Waals surface area contributed by atoms with Crippen molar-refractivity contribution in [2.45, 2.75) is 30.9 Å². The van der Waals surface area contributed by atoms with E-state index in [0.717, 1.165) is 30.8 Å². The first-order valence-corrected chi connectivity index (χ1v) is 9.07. The molecule has 1 aromatic rings. The third-order valence-electron chi connectivity index (χ3n) is 3.58. The Morgan fingerprint density at radius 1 is 1.37 bits per heavy atom. The molecule has 19 heavy (non-hydrogen) atoms. The zero-order valence-electron chi connectivity index (χ0n) is 11.6. The Morgan fingerprint density at radius 2 is 2.05 bits per heavy atom. The monoisotopic (exact) mass is 302 g/mol. The molecular weight excluding hydrogens is 280 g/mol. The van der Waals surface area contributed by atoms with Crippen LogP contribution in [-0.2, 0) is 10.0 Å². The second kappa shape index (κ2) is 6.35. The van der Waals surface area contributed by atoms with Crippen molar-refractivity contribution in [1.29, 1.82) is 0 Å². The van der Waals surface area contributed by atoms with Gasteiger partial charge < -0.3 is 5.32 Å². The smallest absolute Gasteiger partial charge is 0.252 e. The fourth-order valence-corrected chi connectivity index (χ4v) is 5.39. The van der Waals surface area contributed by atoms with Crippen LogP contribution in [0.3, 0.4) is 0 Å². The van der Waals surface area contributed by atoms with E-state index in [-0.39, 0.29) is 0 Å². The number of hydrogen-bond donors (Lipinski definition) is 1. The molecule has 1 N–H and O–H groups in total. The number of aryl methyl sites for hydroxylation is 1. The third kappa shape index (κ3) is 3.56. The molecule has 108 valence electrons. The van der Waals surface area contributed by atoms with Crippen molar-refractivity contribution in [1.82, 2.24) is 9.62 Å². The first kappa shape index (κ1) is 15.0. The van der Waals surface area contributed by atoms with E-state index in [2.05, 4.69) is 5.32 Å². The van der Waals surface area contributed by atoms with Gasteiger partial charge in [0.05, 0.1) is 0 Å². The predicted octanol–water partition coefficient (Wildman–Crippen LogP) is 2.07. The van der Waals surface area contributed by atoms with Gasteiger partial charge in [-0.1, -0.05) is 6.92 Å². The number of nitrogens with zero attached hydrogens (tertiary/aromatic N) is 1. The van der Waals surface area contributed by atoms with E-state index in [4.69, 9.17) is 0 Å². The number of rotatable bonds is 5. The molecule has 0 atom stereocenters. The summed E-state index contributed by atoms with van der Waals surface area (Å²) in [6.07, 6.45) is 2.13. The average Bonchev–Trinajstić information content (AvgIpc) is 2.84. The van der Waals surface area contributed by atoms with E-state index in [1.165, 1.54) is 11.3 Å². The Balaban J connectivity index is 2.11. The van der Waals surface area contributed by atoms with E-state index < -0.39 is 10.0 Å². The highest BCUT2D eigenvalue weighted by atomic mass is 32.2. The van der Waals surface area contributed by atoms with Gasteiger partial charge in [-0.3, -0.25) is 0 Å². The first-order chi connectivity index (χ1) is 9.04. The number of sulfonamides is 1. The molecule has 1 saturated heterocycles.